The van der Waals surface area contributed by atoms with Crippen molar-refractivity contribution < 1.29 is 64.6 Å². The number of sulfonamides is 2. The van der Waals surface area contributed by atoms with E-state index in [2.05, 4.69) is 10.6 Å². The molecule has 3 aliphatic heterocycles. The van der Waals surface area contributed by atoms with Crippen molar-refractivity contribution in [2.24, 2.45) is 0 Å². The van der Waals surface area contributed by atoms with Crippen molar-refractivity contribution in [2.45, 2.75) is 149 Å². The molecule has 0 bridgehead atoms. The average Bonchev–Trinajstić information content (AvgIpc) is 4.03. The van der Waals surface area contributed by atoms with E-state index >= 15 is 0 Å². The van der Waals surface area contributed by atoms with Gasteiger partial charge in [0, 0.05) is 61.6 Å². The van der Waals surface area contributed by atoms with E-state index in [1.807, 2.05) is 41.5 Å². The van der Waals surface area contributed by atoms with Crippen LogP contribution in [0.15, 0.2) is 107 Å². The van der Waals surface area contributed by atoms with Crippen molar-refractivity contribution in [3.05, 3.63) is 119 Å². The van der Waals surface area contributed by atoms with Crippen LogP contribution >= 0.6 is 23.5 Å². The van der Waals surface area contributed by atoms with Gasteiger partial charge in [0.2, 0.25) is 31.9 Å². The van der Waals surface area contributed by atoms with Crippen LogP contribution in [0.4, 0.5) is 9.59 Å². The molecule has 7 rings (SSSR count). The van der Waals surface area contributed by atoms with E-state index in [-0.39, 0.29) is 73.4 Å². The first-order valence-corrected chi connectivity index (χ1v) is 31.4. The number of piperazine rings is 1. The number of thioether (sulfide) groups is 2. The number of rotatable bonds is 16. The fourth-order valence-electron chi connectivity index (χ4n) is 9.07. The highest BCUT2D eigenvalue weighted by Crippen LogP contribution is 2.44. The number of amides is 4. The van der Waals surface area contributed by atoms with Crippen LogP contribution in [-0.2, 0) is 61.5 Å². The third kappa shape index (κ3) is 16.5. The number of ether oxygens (including phenoxy) is 4. The van der Waals surface area contributed by atoms with Crippen LogP contribution in [0.3, 0.4) is 0 Å². The Balaban J connectivity index is 0.922. The highest BCUT2D eigenvalue weighted by molar-refractivity contribution is 8.03. The number of hydrogen-bond acceptors (Lipinski definition) is 16. The molecule has 4 aromatic carbocycles. The van der Waals surface area contributed by atoms with Crippen molar-refractivity contribution in [3.63, 3.8) is 0 Å². The number of benzene rings is 4. The summed E-state index contributed by atoms with van der Waals surface area (Å²) in [5, 5.41) is 3.21. The third-order valence-electron chi connectivity index (χ3n) is 13.1. The zero-order valence-electron chi connectivity index (χ0n) is 48.3. The Bertz CT molecular complexity index is 3010. The highest BCUT2D eigenvalue weighted by atomic mass is 32.2. The summed E-state index contributed by atoms with van der Waals surface area (Å²) in [5.74, 6) is -2.37. The second-order valence-electron chi connectivity index (χ2n) is 23.8. The van der Waals surface area contributed by atoms with E-state index in [0.29, 0.717) is 11.1 Å². The number of hydrogen-bond donors (Lipinski definition) is 2. The molecule has 0 aromatic heterocycles. The lowest BCUT2D eigenvalue weighted by molar-refractivity contribution is -0.159. The fourth-order valence-corrected chi connectivity index (χ4v) is 15.7. The molecule has 4 aromatic rings. The third-order valence-corrected chi connectivity index (χ3v) is 19.9. The number of aryl methyl sites for hydroxylation is 2. The molecule has 2 unspecified atom stereocenters. The maximum Gasteiger partial charge on any atom is 0.415 e. The fraction of sp³-hybridized carbons (Fsp3) is 0.483. The second-order valence-corrected chi connectivity index (χ2v) is 31.1. The van der Waals surface area contributed by atoms with Crippen LogP contribution in [0, 0.1) is 13.8 Å². The Kier molecular flexibility index (Phi) is 19.3. The number of nitrogens with zero attached hydrogens (tertiary/aromatic N) is 4. The van der Waals surface area contributed by atoms with Crippen LogP contribution in [0.2, 0.25) is 0 Å². The monoisotopic (exact) mass is 1210 g/mol. The van der Waals surface area contributed by atoms with Crippen molar-refractivity contribution in [3.8, 4) is 11.5 Å². The molecule has 3 fully saturated rings. The number of esters is 2. The summed E-state index contributed by atoms with van der Waals surface area (Å²) in [6.07, 6.45) is -1.37. The Labute approximate surface area is 489 Å². The van der Waals surface area contributed by atoms with Crippen molar-refractivity contribution >= 4 is 79.5 Å². The SMILES string of the molecule is Cc1ccc(S(=O)(=O)N2CC(C)(C)SC2C(=O)N[C@@H](Cc2ccc(OC(=O)N3CCN(C(=O)Oc4ccc(C[C@H](NC(=O)C5SC(C)(C)CN5S(=O)(=O)c5ccc(C)cc5)C(=O)OC(C)(C)C)cc4)CC3)cc2)C(=O)OC(C)(C)C)cc1. The minimum Gasteiger partial charge on any atom is -0.458 e. The topological polar surface area (TPSA) is 245 Å². The van der Waals surface area contributed by atoms with Gasteiger partial charge in [0.05, 0.1) is 9.79 Å². The van der Waals surface area contributed by atoms with Gasteiger partial charge in [0.15, 0.2) is 0 Å². The maximum absolute atomic E-state index is 14.1. The van der Waals surface area contributed by atoms with Crippen LogP contribution < -0.4 is 20.1 Å². The average molecular weight is 1210 g/mol. The van der Waals surface area contributed by atoms with E-state index in [1.54, 1.807) is 114 Å². The molecule has 82 heavy (non-hydrogen) atoms. The first kappa shape index (κ1) is 63.4. The Morgan fingerprint density at radius 1 is 0.524 bits per heavy atom. The van der Waals surface area contributed by atoms with Crippen LogP contribution in [0.1, 0.15) is 91.5 Å². The van der Waals surface area contributed by atoms with E-state index in [0.717, 1.165) is 19.7 Å². The van der Waals surface area contributed by atoms with Crippen LogP contribution in [0.25, 0.3) is 0 Å². The molecule has 4 amide bonds. The Morgan fingerprint density at radius 2 is 0.829 bits per heavy atom. The van der Waals surface area contributed by atoms with Crippen molar-refractivity contribution in [1.29, 1.82) is 0 Å². The summed E-state index contributed by atoms with van der Waals surface area (Å²) >= 11 is 2.36. The lowest BCUT2D eigenvalue weighted by atomic mass is 10.1. The number of carbonyl (C=O) groups excluding carboxylic acids is 6. The van der Waals surface area contributed by atoms with Gasteiger partial charge in [-0.15, -0.1) is 23.5 Å². The summed E-state index contributed by atoms with van der Waals surface area (Å²) in [7, 11) is -8.19. The van der Waals surface area contributed by atoms with Gasteiger partial charge < -0.3 is 39.4 Å². The van der Waals surface area contributed by atoms with E-state index in [9.17, 15) is 45.6 Å². The molecule has 20 nitrogen and oxygen atoms in total. The minimum atomic E-state index is -4.09. The van der Waals surface area contributed by atoms with Gasteiger partial charge >= 0.3 is 24.1 Å². The Morgan fingerprint density at radius 3 is 1.12 bits per heavy atom. The molecule has 2 N–H and O–H groups in total. The molecule has 3 aliphatic rings. The molecule has 0 saturated carbocycles. The molecule has 24 heteroatoms. The molecule has 4 atom stereocenters. The van der Waals surface area contributed by atoms with Gasteiger partial charge in [-0.1, -0.05) is 59.7 Å². The summed E-state index contributed by atoms with van der Waals surface area (Å²) in [6.45, 7) is 21.9. The van der Waals surface area contributed by atoms with Crippen molar-refractivity contribution in [1.82, 2.24) is 29.0 Å². The highest BCUT2D eigenvalue weighted by Gasteiger charge is 2.50. The molecular weight excluding hydrogens is 1130 g/mol. The molecule has 444 valence electrons. The van der Waals surface area contributed by atoms with Crippen molar-refractivity contribution in [2.75, 3.05) is 39.3 Å². The summed E-state index contributed by atoms with van der Waals surface area (Å²) in [4.78, 5) is 85.0. The maximum atomic E-state index is 14.1. The predicted octanol–water partition coefficient (Wildman–Crippen LogP) is 7.44. The summed E-state index contributed by atoms with van der Waals surface area (Å²) < 4.78 is 79.4. The number of nitrogens with one attached hydrogen (secondary N) is 2. The summed E-state index contributed by atoms with van der Waals surface area (Å²) in [6, 6.07) is 23.1. The Hall–Kier alpha value is -6.18. The lowest BCUT2D eigenvalue weighted by Gasteiger charge is -2.33. The lowest BCUT2D eigenvalue weighted by Crippen LogP contribution is -2.52. The van der Waals surface area contributed by atoms with E-state index in [1.165, 1.54) is 57.6 Å². The zero-order chi connectivity index (χ0) is 60.3. The van der Waals surface area contributed by atoms with Gasteiger partial charge in [-0.25, -0.2) is 36.0 Å². The van der Waals surface area contributed by atoms with Crippen LogP contribution in [0.5, 0.6) is 11.5 Å². The van der Waals surface area contributed by atoms with Crippen LogP contribution in [-0.4, -0.2) is 154 Å². The predicted molar refractivity (Wildman–Crippen MR) is 312 cm³/mol. The first-order chi connectivity index (χ1) is 38.1. The van der Waals surface area contributed by atoms with Gasteiger partial charge in [-0.05, 0) is 143 Å². The minimum absolute atomic E-state index is 0.0261. The molecule has 0 radical (unpaired) electrons. The molecule has 0 spiro atoms. The molecular formula is C58H74N6O14S4. The normalized spacial score (nSPS) is 19.4. The summed E-state index contributed by atoms with van der Waals surface area (Å²) in [5.41, 5.74) is 1.13. The number of carbonyl (C=O) groups is 6. The van der Waals surface area contributed by atoms with E-state index < -0.39 is 99.5 Å². The standard InChI is InChI=1S/C58H74N6O14S4/c1-37-13-25-43(26-14-37)81(71,72)63-35-57(9,10)79-49(63)47(65)59-45(51(67)77-55(3,4)5)33-39-17-21-41(22-18-39)75-53(69)61-29-31-62(32-30-61)54(70)76-42-23-19-40(20-24-42)34-46(52(68)78-56(6,7)8)60-48(66)50-64(36-58(11,12)80-50)82(73,74)44-27-15-38(2)16-28-44/h13-28,45-46,49-50H,29-36H2,1-12H3,(H,59,65)(H,60,66)/t45-,46-,49?,50?/m0/s1. The molecule has 0 aliphatic carbocycles. The van der Waals surface area contributed by atoms with Gasteiger partial charge in [0.25, 0.3) is 0 Å². The van der Waals surface area contributed by atoms with Gasteiger partial charge in [0.1, 0.15) is 45.5 Å². The van der Waals surface area contributed by atoms with E-state index in [4.69, 9.17) is 18.9 Å². The largest absolute Gasteiger partial charge is 0.458 e. The zero-order valence-corrected chi connectivity index (χ0v) is 51.6. The van der Waals surface area contributed by atoms with Gasteiger partial charge in [-0.3, -0.25) is 9.59 Å². The quantitative estimate of drug-likeness (QED) is 0.104. The molecule has 3 saturated heterocycles. The first-order valence-electron chi connectivity index (χ1n) is 26.8. The van der Waals surface area contributed by atoms with Gasteiger partial charge in [-0.2, -0.15) is 8.61 Å². The smallest absolute Gasteiger partial charge is 0.415 e. The second kappa shape index (κ2) is 25.0. The molecule has 3 heterocycles.